The summed E-state index contributed by atoms with van der Waals surface area (Å²) in [6.07, 6.45) is 6.74. The fraction of sp³-hybridized carbons (Fsp3) is 0.333. The first kappa shape index (κ1) is 26.4. The van der Waals surface area contributed by atoms with E-state index >= 15 is 0 Å². The molecule has 0 aromatic carbocycles. The Kier molecular flexibility index (Phi) is 8.90. The zero-order chi connectivity index (χ0) is 26.2. The van der Waals surface area contributed by atoms with Gasteiger partial charge in [-0.1, -0.05) is 25.4 Å². The maximum atomic E-state index is 9.54. The molecule has 10 heteroatoms. The number of nitrogens with zero attached hydrogens (tertiary/aromatic N) is 7. The summed E-state index contributed by atoms with van der Waals surface area (Å²) in [4.78, 5) is 13.8. The third-order valence-electron chi connectivity index (χ3n) is 6.00. The number of hydrogen-bond donors (Lipinski definition) is 1. The van der Waals surface area contributed by atoms with Gasteiger partial charge in [0.25, 0.3) is 0 Å². The van der Waals surface area contributed by atoms with E-state index in [1.807, 2.05) is 50.4 Å². The zero-order valence-electron chi connectivity index (χ0n) is 21.0. The summed E-state index contributed by atoms with van der Waals surface area (Å²) in [6.45, 7) is 8.46. The summed E-state index contributed by atoms with van der Waals surface area (Å²) in [5.41, 5.74) is 3.84. The van der Waals surface area contributed by atoms with Gasteiger partial charge >= 0.3 is 0 Å². The molecule has 5 heterocycles. The molecular formula is C27H30ClN7O2. The Labute approximate surface area is 221 Å². The molecule has 0 aliphatic carbocycles. The van der Waals surface area contributed by atoms with Crippen LogP contribution in [0.3, 0.4) is 0 Å². The first-order valence-electron chi connectivity index (χ1n) is 12.3. The Morgan fingerprint density at radius 1 is 1.05 bits per heavy atom. The van der Waals surface area contributed by atoms with Gasteiger partial charge < -0.3 is 14.7 Å². The molecule has 0 radical (unpaired) electrons. The van der Waals surface area contributed by atoms with E-state index in [2.05, 4.69) is 26.0 Å². The summed E-state index contributed by atoms with van der Waals surface area (Å²) >= 11 is 5.93. The number of hydrogen-bond acceptors (Lipinski definition) is 8. The van der Waals surface area contributed by atoms with Crippen LogP contribution < -0.4 is 9.64 Å². The van der Waals surface area contributed by atoms with Gasteiger partial charge in [-0.2, -0.15) is 10.4 Å². The minimum absolute atomic E-state index is 0.0876. The van der Waals surface area contributed by atoms with Crippen molar-refractivity contribution in [3.05, 3.63) is 71.4 Å². The summed E-state index contributed by atoms with van der Waals surface area (Å²) in [7, 11) is 0. The van der Waals surface area contributed by atoms with Crippen LogP contribution >= 0.6 is 11.6 Å². The SMILES string of the molecule is CC.N#Cc1cnn2cc(OCCO)cc(-c3ccc(N4CCN(Cc5ccc(Cl)cn5)CC4)nc3)c12. The predicted molar refractivity (Wildman–Crippen MR) is 144 cm³/mol. The summed E-state index contributed by atoms with van der Waals surface area (Å²) in [6, 6.07) is 11.9. The van der Waals surface area contributed by atoms with Crippen molar-refractivity contribution in [2.75, 3.05) is 44.3 Å². The highest BCUT2D eigenvalue weighted by molar-refractivity contribution is 6.30. The Hall–Kier alpha value is -3.71. The lowest BCUT2D eigenvalue weighted by molar-refractivity contribution is 0.201. The van der Waals surface area contributed by atoms with Gasteiger partial charge in [0.05, 0.1) is 40.8 Å². The average molecular weight is 520 g/mol. The van der Waals surface area contributed by atoms with E-state index in [9.17, 15) is 5.26 Å². The average Bonchev–Trinajstić information content (AvgIpc) is 3.37. The largest absolute Gasteiger partial charge is 0.490 e. The van der Waals surface area contributed by atoms with Crippen LogP contribution in [0.1, 0.15) is 25.1 Å². The van der Waals surface area contributed by atoms with Gasteiger partial charge in [-0.3, -0.25) is 9.88 Å². The molecule has 37 heavy (non-hydrogen) atoms. The summed E-state index contributed by atoms with van der Waals surface area (Å²) < 4.78 is 7.24. The Morgan fingerprint density at radius 2 is 1.86 bits per heavy atom. The van der Waals surface area contributed by atoms with Gasteiger partial charge in [0.2, 0.25) is 0 Å². The number of anilines is 1. The van der Waals surface area contributed by atoms with Crippen molar-refractivity contribution in [3.8, 4) is 22.9 Å². The van der Waals surface area contributed by atoms with Gasteiger partial charge in [0.15, 0.2) is 0 Å². The molecule has 9 nitrogen and oxygen atoms in total. The van der Waals surface area contributed by atoms with Gasteiger partial charge in [0.1, 0.15) is 24.2 Å². The molecule has 1 saturated heterocycles. The van der Waals surface area contributed by atoms with Gasteiger partial charge in [0, 0.05) is 56.2 Å². The van der Waals surface area contributed by atoms with E-state index in [-0.39, 0.29) is 13.2 Å². The third kappa shape index (κ3) is 6.17. The Morgan fingerprint density at radius 3 is 2.51 bits per heavy atom. The summed E-state index contributed by atoms with van der Waals surface area (Å²) in [5, 5.41) is 23.6. The fourth-order valence-corrected chi connectivity index (χ4v) is 4.35. The van der Waals surface area contributed by atoms with E-state index in [4.69, 9.17) is 26.4 Å². The maximum absolute atomic E-state index is 9.54. The molecule has 1 aliphatic heterocycles. The van der Waals surface area contributed by atoms with Crippen LogP contribution in [0, 0.1) is 11.3 Å². The Bertz CT molecular complexity index is 1340. The number of fused-ring (bicyclic) bond motifs is 1. The topological polar surface area (TPSA) is 103 Å². The van der Waals surface area contributed by atoms with Crippen molar-refractivity contribution >= 4 is 22.9 Å². The van der Waals surface area contributed by atoms with E-state index in [1.54, 1.807) is 16.9 Å². The van der Waals surface area contributed by atoms with Crippen LogP contribution in [0.4, 0.5) is 5.82 Å². The number of pyridine rings is 3. The number of ether oxygens (including phenoxy) is 1. The molecular weight excluding hydrogens is 490 g/mol. The number of halogens is 1. The summed E-state index contributed by atoms with van der Waals surface area (Å²) in [5.74, 6) is 1.47. The minimum Gasteiger partial charge on any atom is -0.490 e. The molecule has 0 spiro atoms. The quantitative estimate of drug-likeness (QED) is 0.390. The van der Waals surface area contributed by atoms with Crippen LogP contribution in [0.25, 0.3) is 16.6 Å². The van der Waals surface area contributed by atoms with Crippen LogP contribution in [0.2, 0.25) is 5.02 Å². The first-order chi connectivity index (χ1) is 18.1. The van der Waals surface area contributed by atoms with Crippen LogP contribution in [0.15, 0.2) is 55.1 Å². The van der Waals surface area contributed by atoms with Gasteiger partial charge in [-0.15, -0.1) is 0 Å². The van der Waals surface area contributed by atoms with E-state index < -0.39 is 0 Å². The van der Waals surface area contributed by atoms with E-state index in [0.29, 0.717) is 21.9 Å². The molecule has 1 fully saturated rings. The molecule has 0 saturated carbocycles. The lowest BCUT2D eigenvalue weighted by atomic mass is 10.1. The Balaban J connectivity index is 0.00000156. The van der Waals surface area contributed by atoms with Crippen molar-refractivity contribution < 1.29 is 9.84 Å². The van der Waals surface area contributed by atoms with Gasteiger partial charge in [-0.05, 0) is 30.3 Å². The molecule has 5 rings (SSSR count). The highest BCUT2D eigenvalue weighted by Crippen LogP contribution is 2.31. The van der Waals surface area contributed by atoms with Crippen molar-refractivity contribution in [2.45, 2.75) is 20.4 Å². The second kappa shape index (κ2) is 12.5. The lowest BCUT2D eigenvalue weighted by Crippen LogP contribution is -2.46. The normalized spacial score (nSPS) is 13.6. The van der Waals surface area contributed by atoms with E-state index in [0.717, 1.165) is 55.4 Å². The minimum atomic E-state index is -0.0876. The molecule has 0 bridgehead atoms. The van der Waals surface area contributed by atoms with Gasteiger partial charge in [-0.25, -0.2) is 9.50 Å². The maximum Gasteiger partial charge on any atom is 0.138 e. The van der Waals surface area contributed by atoms with Crippen LogP contribution in [-0.2, 0) is 6.54 Å². The second-order valence-electron chi connectivity index (χ2n) is 8.26. The molecule has 0 unspecified atom stereocenters. The van der Waals surface area contributed by atoms with Crippen LogP contribution in [0.5, 0.6) is 5.75 Å². The molecule has 1 N–H and O–H groups in total. The standard InChI is InChI=1S/C25H24ClN7O2.C2H6/c26-20-2-3-21(28-15-20)16-31-5-7-32(8-6-31)24-4-1-18(13-29-24)23-11-22(35-10-9-34)17-33-25(23)19(12-27)14-30-33;1-2/h1-4,11,13-15,17,34H,5-10,16H2;1-2H3. The highest BCUT2D eigenvalue weighted by atomic mass is 35.5. The third-order valence-corrected chi connectivity index (χ3v) is 6.22. The van der Waals surface area contributed by atoms with Crippen molar-refractivity contribution in [1.82, 2.24) is 24.5 Å². The lowest BCUT2D eigenvalue weighted by Gasteiger charge is -2.35. The molecule has 4 aromatic rings. The number of aliphatic hydroxyl groups is 1. The smallest absolute Gasteiger partial charge is 0.138 e. The fourth-order valence-electron chi connectivity index (χ4n) is 4.24. The van der Waals surface area contributed by atoms with Crippen molar-refractivity contribution in [2.24, 2.45) is 0 Å². The van der Waals surface area contributed by atoms with Crippen LogP contribution in [-0.4, -0.2) is 69.0 Å². The number of piperazine rings is 1. The monoisotopic (exact) mass is 519 g/mol. The van der Waals surface area contributed by atoms with Crippen molar-refractivity contribution in [3.63, 3.8) is 0 Å². The molecule has 1 aliphatic rings. The highest BCUT2D eigenvalue weighted by Gasteiger charge is 2.19. The van der Waals surface area contributed by atoms with Crippen molar-refractivity contribution in [1.29, 1.82) is 5.26 Å². The number of aromatic nitrogens is 4. The number of aliphatic hydroxyl groups excluding tert-OH is 1. The first-order valence-corrected chi connectivity index (χ1v) is 12.7. The molecule has 0 atom stereocenters. The number of rotatable bonds is 7. The van der Waals surface area contributed by atoms with E-state index in [1.165, 1.54) is 6.20 Å². The second-order valence-corrected chi connectivity index (χ2v) is 8.70. The molecule has 4 aromatic heterocycles. The molecule has 192 valence electrons. The number of nitriles is 1. The zero-order valence-corrected chi connectivity index (χ0v) is 21.8. The molecule has 0 amide bonds. The predicted octanol–water partition coefficient (Wildman–Crippen LogP) is 4.04.